The molecular weight excluding hydrogens is 282 g/mol. The molecule has 0 amide bonds. The van der Waals surface area contributed by atoms with Crippen LogP contribution in [-0.2, 0) is 0 Å². The molecule has 3 rings (SSSR count). The monoisotopic (exact) mass is 293 g/mol. The van der Waals surface area contributed by atoms with Crippen molar-refractivity contribution in [3.05, 3.63) is 53.6 Å². The van der Waals surface area contributed by atoms with Crippen molar-refractivity contribution in [3.63, 3.8) is 0 Å². The van der Waals surface area contributed by atoms with Crippen LogP contribution in [-0.4, -0.2) is 11.8 Å². The van der Waals surface area contributed by atoms with Gasteiger partial charge in [0.25, 0.3) is 0 Å². The quantitative estimate of drug-likeness (QED) is 0.731. The minimum Gasteiger partial charge on any atom is -0.352 e. The average molecular weight is 294 g/mol. The number of benzene rings is 2. The summed E-state index contributed by atoms with van der Waals surface area (Å²) >= 11 is 9.68. The van der Waals surface area contributed by atoms with E-state index in [-0.39, 0.29) is 0 Å². The fraction of sp³-hybridized carbons (Fsp3) is 0.143. The van der Waals surface area contributed by atoms with Crippen molar-refractivity contribution >= 4 is 40.8 Å². The van der Waals surface area contributed by atoms with Crippen LogP contribution in [0.4, 0.5) is 5.69 Å². The van der Waals surface area contributed by atoms with Gasteiger partial charge in [0.15, 0.2) is 0 Å². The summed E-state index contributed by atoms with van der Waals surface area (Å²) < 4.78 is 0. The third-order valence-electron chi connectivity index (χ3n) is 2.77. The molecule has 1 nitrogen and oxygen atoms in total. The van der Waals surface area contributed by atoms with Gasteiger partial charge in [0.2, 0.25) is 0 Å². The van der Waals surface area contributed by atoms with Crippen molar-refractivity contribution in [2.75, 3.05) is 16.7 Å². The summed E-state index contributed by atoms with van der Waals surface area (Å²) in [7, 11) is 0. The molecule has 0 saturated heterocycles. The zero-order valence-electron chi connectivity index (χ0n) is 9.67. The van der Waals surface area contributed by atoms with Crippen molar-refractivity contribution in [1.82, 2.24) is 0 Å². The Morgan fingerprint density at radius 1 is 0.889 bits per heavy atom. The second-order valence-corrected chi connectivity index (χ2v) is 6.51. The standard InChI is InChI=1S/C14H12ClNS2/c15-11-4-6-12(7-5-11)16-9-17-13-2-1-3-14(8-13)18-10-16/h1-8H,9-10H2. The fourth-order valence-corrected chi connectivity index (χ4v) is 3.97. The largest absolute Gasteiger partial charge is 0.352 e. The summed E-state index contributed by atoms with van der Waals surface area (Å²) in [6.07, 6.45) is 0. The van der Waals surface area contributed by atoms with Crippen molar-refractivity contribution in [3.8, 4) is 0 Å². The van der Waals surface area contributed by atoms with Crippen molar-refractivity contribution < 1.29 is 0 Å². The van der Waals surface area contributed by atoms with Crippen molar-refractivity contribution in [2.24, 2.45) is 0 Å². The maximum absolute atomic E-state index is 5.93. The first-order valence-electron chi connectivity index (χ1n) is 5.67. The smallest absolute Gasteiger partial charge is 0.0694 e. The lowest BCUT2D eigenvalue weighted by molar-refractivity contribution is 1.05. The Morgan fingerprint density at radius 2 is 1.50 bits per heavy atom. The number of rotatable bonds is 1. The fourth-order valence-electron chi connectivity index (χ4n) is 1.80. The lowest BCUT2D eigenvalue weighted by Crippen LogP contribution is -2.22. The molecule has 0 atom stereocenters. The van der Waals surface area contributed by atoms with E-state index in [1.165, 1.54) is 15.5 Å². The SMILES string of the molecule is Clc1ccc(N2CSc3cccc(c3)SC2)cc1. The highest BCUT2D eigenvalue weighted by molar-refractivity contribution is 8.00. The van der Waals surface area contributed by atoms with E-state index < -0.39 is 0 Å². The van der Waals surface area contributed by atoms with E-state index >= 15 is 0 Å². The molecule has 0 radical (unpaired) electrons. The van der Waals surface area contributed by atoms with Gasteiger partial charge in [0, 0.05) is 20.5 Å². The number of hydrogen-bond donors (Lipinski definition) is 0. The van der Waals surface area contributed by atoms with Crippen molar-refractivity contribution in [2.45, 2.75) is 9.79 Å². The number of nitrogens with zero attached hydrogens (tertiary/aromatic N) is 1. The molecule has 18 heavy (non-hydrogen) atoms. The highest BCUT2D eigenvalue weighted by Gasteiger charge is 2.11. The van der Waals surface area contributed by atoms with Gasteiger partial charge in [-0.1, -0.05) is 17.7 Å². The van der Waals surface area contributed by atoms with Crippen LogP contribution in [0.3, 0.4) is 0 Å². The molecule has 1 heterocycles. The van der Waals surface area contributed by atoms with Crippen molar-refractivity contribution in [1.29, 1.82) is 0 Å². The molecule has 0 aromatic heterocycles. The predicted molar refractivity (Wildman–Crippen MR) is 81.8 cm³/mol. The maximum atomic E-state index is 5.93. The summed E-state index contributed by atoms with van der Waals surface area (Å²) in [5, 5.41) is 0.788. The molecule has 4 heteroatoms. The van der Waals surface area contributed by atoms with E-state index in [0.717, 1.165) is 16.8 Å². The molecule has 1 aliphatic rings. The molecule has 1 aliphatic heterocycles. The molecule has 2 aromatic carbocycles. The van der Waals surface area contributed by atoms with Gasteiger partial charge >= 0.3 is 0 Å². The minimum absolute atomic E-state index is 0.788. The third-order valence-corrected chi connectivity index (χ3v) is 5.08. The number of fused-ring (bicyclic) bond motifs is 2. The Morgan fingerprint density at radius 3 is 2.11 bits per heavy atom. The van der Waals surface area contributed by atoms with E-state index in [4.69, 9.17) is 11.6 Å². The third kappa shape index (κ3) is 2.79. The first-order valence-corrected chi connectivity index (χ1v) is 8.02. The van der Waals surface area contributed by atoms with Crippen LogP contribution in [0.15, 0.2) is 58.3 Å². The molecule has 0 aliphatic carbocycles. The highest BCUT2D eigenvalue weighted by atomic mass is 35.5. The second kappa shape index (κ2) is 5.47. The molecule has 2 aromatic rings. The van der Waals surface area contributed by atoms with Gasteiger partial charge < -0.3 is 4.90 Å². The van der Waals surface area contributed by atoms with Crippen LogP contribution >= 0.6 is 35.1 Å². The van der Waals surface area contributed by atoms with Crippen LogP contribution in [0.1, 0.15) is 0 Å². The van der Waals surface area contributed by atoms with Gasteiger partial charge in [-0.3, -0.25) is 0 Å². The molecule has 2 bridgehead atoms. The first-order chi connectivity index (χ1) is 8.81. The topological polar surface area (TPSA) is 3.24 Å². The first kappa shape index (κ1) is 12.3. The zero-order chi connectivity index (χ0) is 12.4. The number of thioether (sulfide) groups is 2. The Hall–Kier alpha value is -0.770. The minimum atomic E-state index is 0.788. The van der Waals surface area contributed by atoms with E-state index in [2.05, 4.69) is 41.3 Å². The molecule has 0 saturated carbocycles. The highest BCUT2D eigenvalue weighted by Crippen LogP contribution is 2.32. The molecule has 0 N–H and O–H groups in total. The van der Waals surface area contributed by atoms with Gasteiger partial charge in [-0.2, -0.15) is 0 Å². The van der Waals surface area contributed by atoms with E-state index in [0.29, 0.717) is 0 Å². The van der Waals surface area contributed by atoms with Gasteiger partial charge in [-0.25, -0.2) is 0 Å². The average Bonchev–Trinajstić information content (AvgIpc) is 2.39. The number of anilines is 1. The number of hydrogen-bond acceptors (Lipinski definition) is 3. The normalized spacial score (nSPS) is 15.1. The number of halogens is 1. The van der Waals surface area contributed by atoms with Gasteiger partial charge in [0.05, 0.1) is 11.8 Å². The summed E-state index contributed by atoms with van der Waals surface area (Å²) in [6.45, 7) is 0. The lowest BCUT2D eigenvalue weighted by atomic mass is 10.3. The Bertz CT molecular complexity index is 518. The van der Waals surface area contributed by atoms with E-state index in [1.54, 1.807) is 0 Å². The lowest BCUT2D eigenvalue weighted by Gasteiger charge is -2.26. The van der Waals surface area contributed by atoms with Crippen LogP contribution in [0.25, 0.3) is 0 Å². The summed E-state index contributed by atoms with van der Waals surface area (Å²) in [4.78, 5) is 5.03. The Balaban J connectivity index is 1.81. The Kier molecular flexibility index (Phi) is 3.73. The van der Waals surface area contributed by atoms with Crippen LogP contribution in [0.5, 0.6) is 0 Å². The summed E-state index contributed by atoms with van der Waals surface area (Å²) in [5.74, 6) is 1.94. The molecule has 0 spiro atoms. The molecular formula is C14H12ClNS2. The van der Waals surface area contributed by atoms with Crippen LogP contribution < -0.4 is 4.90 Å². The van der Waals surface area contributed by atoms with Gasteiger partial charge in [-0.05, 0) is 42.5 Å². The van der Waals surface area contributed by atoms with Crippen LogP contribution in [0.2, 0.25) is 5.02 Å². The molecule has 0 unspecified atom stereocenters. The molecule has 0 fully saturated rings. The van der Waals surface area contributed by atoms with Crippen LogP contribution in [0, 0.1) is 0 Å². The summed E-state index contributed by atoms with van der Waals surface area (Å²) in [5.41, 5.74) is 1.23. The maximum Gasteiger partial charge on any atom is 0.0694 e. The predicted octanol–water partition coefficient (Wildman–Crippen LogP) is 4.96. The van der Waals surface area contributed by atoms with E-state index in [9.17, 15) is 0 Å². The van der Waals surface area contributed by atoms with Gasteiger partial charge in [-0.15, -0.1) is 23.5 Å². The second-order valence-electron chi connectivity index (χ2n) is 4.04. The van der Waals surface area contributed by atoms with Gasteiger partial charge in [0.1, 0.15) is 0 Å². The Labute approximate surface area is 121 Å². The zero-order valence-corrected chi connectivity index (χ0v) is 12.1. The molecule has 92 valence electrons. The van der Waals surface area contributed by atoms with E-state index in [1.807, 2.05) is 35.7 Å². The summed E-state index contributed by atoms with van der Waals surface area (Å²) in [6, 6.07) is 16.8.